The number of pyridine rings is 1. The van der Waals surface area contributed by atoms with E-state index in [0.717, 1.165) is 30.1 Å². The largest absolute Gasteiger partial charge is 0.497 e. The second kappa shape index (κ2) is 9.73. The Morgan fingerprint density at radius 3 is 2.45 bits per heavy atom. The van der Waals surface area contributed by atoms with Crippen molar-refractivity contribution in [3.8, 4) is 5.75 Å². The highest BCUT2D eigenvalue weighted by Crippen LogP contribution is 2.18. The molecule has 0 atom stereocenters. The molecule has 0 radical (unpaired) electrons. The Balaban J connectivity index is 1.51. The lowest BCUT2D eigenvalue weighted by molar-refractivity contribution is 0.102. The molecule has 0 aliphatic carbocycles. The smallest absolute Gasteiger partial charge is 0.274 e. The highest BCUT2D eigenvalue weighted by molar-refractivity contribution is 6.02. The van der Waals surface area contributed by atoms with Crippen molar-refractivity contribution in [3.63, 3.8) is 0 Å². The van der Waals surface area contributed by atoms with Gasteiger partial charge in [-0.2, -0.15) is 0 Å². The number of methoxy groups -OCH3 is 1. The monoisotopic (exact) mass is 389 g/mol. The minimum absolute atomic E-state index is 0.217. The molecule has 5 nitrogen and oxygen atoms in total. The number of carbonyl (C=O) groups is 1. The van der Waals surface area contributed by atoms with Crippen molar-refractivity contribution in [2.24, 2.45) is 0 Å². The Bertz CT molecular complexity index is 935. The highest BCUT2D eigenvalue weighted by Gasteiger charge is 2.08. The van der Waals surface area contributed by atoms with Crippen molar-refractivity contribution < 1.29 is 9.53 Å². The second-order valence-electron chi connectivity index (χ2n) is 7.19. The van der Waals surface area contributed by atoms with Gasteiger partial charge in [0.1, 0.15) is 11.4 Å². The summed E-state index contributed by atoms with van der Waals surface area (Å²) in [6, 6.07) is 19.5. The quantitative estimate of drug-likeness (QED) is 0.561. The molecule has 0 unspecified atom stereocenters. The maximum Gasteiger partial charge on any atom is 0.274 e. The fourth-order valence-electron chi connectivity index (χ4n) is 2.96. The fraction of sp³-hybridized carbons (Fsp3) is 0.250. The minimum atomic E-state index is -0.217. The molecule has 3 rings (SSSR count). The van der Waals surface area contributed by atoms with Crippen molar-refractivity contribution in [1.82, 2.24) is 4.98 Å². The number of hydrogen-bond acceptors (Lipinski definition) is 4. The van der Waals surface area contributed by atoms with Crippen LogP contribution in [0, 0.1) is 0 Å². The summed E-state index contributed by atoms with van der Waals surface area (Å²) in [5, 5.41) is 6.21. The minimum Gasteiger partial charge on any atom is -0.497 e. The van der Waals surface area contributed by atoms with E-state index < -0.39 is 0 Å². The molecule has 0 bridgehead atoms. The van der Waals surface area contributed by atoms with E-state index in [9.17, 15) is 4.79 Å². The van der Waals surface area contributed by atoms with E-state index in [2.05, 4.69) is 35.5 Å². The second-order valence-corrected chi connectivity index (χ2v) is 7.19. The van der Waals surface area contributed by atoms with Crippen LogP contribution in [-0.2, 0) is 6.42 Å². The molecule has 0 saturated carbocycles. The summed E-state index contributed by atoms with van der Waals surface area (Å²) in [5.74, 6) is 1.11. The standard InChI is InChI=1S/C24H27N3O2/c1-17(2)19-7-9-20(10-8-19)27-24(28)23-12-11-21(16-26-23)25-14-13-18-5-4-6-22(15-18)29-3/h4-12,15-17,25H,13-14H2,1-3H3,(H,27,28). The van der Waals surface area contributed by atoms with Crippen LogP contribution in [0.1, 0.15) is 41.4 Å². The number of ether oxygens (including phenoxy) is 1. The van der Waals surface area contributed by atoms with Crippen molar-refractivity contribution in [3.05, 3.63) is 83.7 Å². The van der Waals surface area contributed by atoms with Crippen LogP contribution in [0.4, 0.5) is 11.4 Å². The van der Waals surface area contributed by atoms with Crippen LogP contribution >= 0.6 is 0 Å². The first-order valence-corrected chi connectivity index (χ1v) is 9.79. The summed E-state index contributed by atoms with van der Waals surface area (Å²) >= 11 is 0. The zero-order valence-corrected chi connectivity index (χ0v) is 17.1. The third-order valence-electron chi connectivity index (χ3n) is 4.71. The van der Waals surface area contributed by atoms with E-state index in [1.807, 2.05) is 48.5 Å². The Morgan fingerprint density at radius 1 is 1.03 bits per heavy atom. The van der Waals surface area contributed by atoms with Gasteiger partial charge in [-0.05, 0) is 59.9 Å². The van der Waals surface area contributed by atoms with Gasteiger partial charge in [0, 0.05) is 12.2 Å². The summed E-state index contributed by atoms with van der Waals surface area (Å²) in [4.78, 5) is 16.7. The van der Waals surface area contributed by atoms with Gasteiger partial charge in [0.15, 0.2) is 0 Å². The number of nitrogens with zero attached hydrogens (tertiary/aromatic N) is 1. The summed E-state index contributed by atoms with van der Waals surface area (Å²) in [7, 11) is 1.67. The van der Waals surface area contributed by atoms with Gasteiger partial charge in [-0.1, -0.05) is 38.1 Å². The lowest BCUT2D eigenvalue weighted by Gasteiger charge is -2.09. The number of hydrogen-bond donors (Lipinski definition) is 2. The predicted octanol–water partition coefficient (Wildman–Crippen LogP) is 5.12. The van der Waals surface area contributed by atoms with Crippen LogP contribution in [0.3, 0.4) is 0 Å². The van der Waals surface area contributed by atoms with Crippen molar-refractivity contribution in [1.29, 1.82) is 0 Å². The van der Waals surface area contributed by atoms with Crippen LogP contribution in [0.5, 0.6) is 5.75 Å². The third-order valence-corrected chi connectivity index (χ3v) is 4.71. The summed E-state index contributed by atoms with van der Waals surface area (Å²) in [6.45, 7) is 5.05. The molecule has 29 heavy (non-hydrogen) atoms. The van der Waals surface area contributed by atoms with Gasteiger partial charge in [-0.3, -0.25) is 4.79 Å². The van der Waals surface area contributed by atoms with Crippen LogP contribution in [0.15, 0.2) is 66.9 Å². The van der Waals surface area contributed by atoms with E-state index in [0.29, 0.717) is 11.6 Å². The number of benzene rings is 2. The molecule has 3 aromatic rings. The highest BCUT2D eigenvalue weighted by atomic mass is 16.5. The summed E-state index contributed by atoms with van der Waals surface area (Å²) < 4.78 is 5.25. The molecule has 5 heteroatoms. The van der Waals surface area contributed by atoms with Crippen LogP contribution in [0.25, 0.3) is 0 Å². The topological polar surface area (TPSA) is 63.2 Å². The summed E-state index contributed by atoms with van der Waals surface area (Å²) in [6.07, 6.45) is 2.55. The van der Waals surface area contributed by atoms with Crippen LogP contribution in [0.2, 0.25) is 0 Å². The molecule has 2 N–H and O–H groups in total. The molecular weight excluding hydrogens is 362 g/mol. The molecule has 1 aromatic heterocycles. The average molecular weight is 389 g/mol. The molecule has 0 saturated heterocycles. The number of aromatic nitrogens is 1. The predicted molar refractivity (Wildman–Crippen MR) is 118 cm³/mol. The zero-order valence-electron chi connectivity index (χ0n) is 17.1. The maximum absolute atomic E-state index is 12.4. The van der Waals surface area contributed by atoms with Crippen molar-refractivity contribution in [2.45, 2.75) is 26.2 Å². The van der Waals surface area contributed by atoms with E-state index in [1.165, 1.54) is 11.1 Å². The van der Waals surface area contributed by atoms with Gasteiger partial charge in [0.25, 0.3) is 5.91 Å². The van der Waals surface area contributed by atoms with Gasteiger partial charge in [0.2, 0.25) is 0 Å². The van der Waals surface area contributed by atoms with Gasteiger partial charge >= 0.3 is 0 Å². The van der Waals surface area contributed by atoms with E-state index in [-0.39, 0.29) is 5.91 Å². The van der Waals surface area contributed by atoms with E-state index in [1.54, 1.807) is 19.4 Å². The Hall–Kier alpha value is -3.34. The third kappa shape index (κ3) is 5.82. The maximum atomic E-state index is 12.4. The number of amides is 1. The van der Waals surface area contributed by atoms with E-state index in [4.69, 9.17) is 4.74 Å². The first-order chi connectivity index (χ1) is 14.0. The van der Waals surface area contributed by atoms with Crippen LogP contribution in [-0.4, -0.2) is 24.5 Å². The first kappa shape index (κ1) is 20.4. The number of carbonyl (C=O) groups excluding carboxylic acids is 1. The summed E-state index contributed by atoms with van der Waals surface area (Å²) in [5.41, 5.74) is 4.47. The Morgan fingerprint density at radius 2 is 1.79 bits per heavy atom. The molecule has 1 amide bonds. The molecule has 150 valence electrons. The van der Waals surface area contributed by atoms with Gasteiger partial charge in [-0.25, -0.2) is 4.98 Å². The number of rotatable bonds is 8. The normalized spacial score (nSPS) is 10.6. The molecule has 2 aromatic carbocycles. The first-order valence-electron chi connectivity index (χ1n) is 9.79. The van der Waals surface area contributed by atoms with E-state index >= 15 is 0 Å². The van der Waals surface area contributed by atoms with Crippen LogP contribution < -0.4 is 15.4 Å². The molecule has 0 aliphatic heterocycles. The van der Waals surface area contributed by atoms with Gasteiger partial charge in [-0.15, -0.1) is 0 Å². The molecule has 0 fully saturated rings. The SMILES string of the molecule is COc1cccc(CCNc2ccc(C(=O)Nc3ccc(C(C)C)cc3)nc2)c1. The Labute approximate surface area is 172 Å². The lowest BCUT2D eigenvalue weighted by atomic mass is 10.0. The van der Waals surface area contributed by atoms with Crippen molar-refractivity contribution >= 4 is 17.3 Å². The number of nitrogens with one attached hydrogen (secondary N) is 2. The average Bonchev–Trinajstić information content (AvgIpc) is 2.74. The van der Waals surface area contributed by atoms with Gasteiger partial charge in [0.05, 0.1) is 19.0 Å². The lowest BCUT2D eigenvalue weighted by Crippen LogP contribution is -2.14. The number of anilines is 2. The Kier molecular flexibility index (Phi) is 6.85. The zero-order chi connectivity index (χ0) is 20.6. The molecule has 0 aliphatic rings. The molecule has 0 spiro atoms. The molecule has 1 heterocycles. The van der Waals surface area contributed by atoms with Crippen molar-refractivity contribution in [2.75, 3.05) is 24.3 Å². The molecular formula is C24H27N3O2. The van der Waals surface area contributed by atoms with Gasteiger partial charge < -0.3 is 15.4 Å². The fourth-order valence-corrected chi connectivity index (χ4v) is 2.96.